The van der Waals surface area contributed by atoms with Crippen molar-refractivity contribution >= 4 is 0 Å². The third-order valence-corrected chi connectivity index (χ3v) is 3.29. The summed E-state index contributed by atoms with van der Waals surface area (Å²) >= 11 is 0. The van der Waals surface area contributed by atoms with Crippen LogP contribution in [0.2, 0.25) is 0 Å². The van der Waals surface area contributed by atoms with Gasteiger partial charge in [-0.1, -0.05) is 6.42 Å². The lowest BCUT2D eigenvalue weighted by Gasteiger charge is -2.28. The van der Waals surface area contributed by atoms with E-state index in [1.165, 1.54) is 12.8 Å². The molecule has 3 atom stereocenters. The van der Waals surface area contributed by atoms with Gasteiger partial charge in [-0.15, -0.1) is 0 Å². The van der Waals surface area contributed by atoms with Gasteiger partial charge < -0.3 is 14.6 Å². The molecule has 1 saturated carbocycles. The Kier molecular flexibility index (Phi) is 3.79. The molecule has 2 aliphatic rings. The van der Waals surface area contributed by atoms with Crippen LogP contribution in [-0.2, 0) is 9.47 Å². The summed E-state index contributed by atoms with van der Waals surface area (Å²) in [4.78, 5) is 0. The molecule has 0 aromatic rings. The van der Waals surface area contributed by atoms with Crippen LogP contribution < -0.4 is 0 Å². The fourth-order valence-corrected chi connectivity index (χ4v) is 2.40. The third kappa shape index (κ3) is 2.47. The molecule has 2 fully saturated rings. The van der Waals surface area contributed by atoms with Gasteiger partial charge in [-0.3, -0.25) is 0 Å². The minimum Gasteiger partial charge on any atom is -0.396 e. The highest BCUT2D eigenvalue weighted by molar-refractivity contribution is 4.78. The molecule has 1 aliphatic carbocycles. The molecular weight excluding hydrogens is 180 g/mol. The van der Waals surface area contributed by atoms with Crippen molar-refractivity contribution in [1.29, 1.82) is 0 Å². The normalized spacial score (nSPS) is 38.8. The Balaban J connectivity index is 1.77. The summed E-state index contributed by atoms with van der Waals surface area (Å²) in [6, 6.07) is 0. The van der Waals surface area contributed by atoms with E-state index in [1.54, 1.807) is 0 Å². The van der Waals surface area contributed by atoms with E-state index < -0.39 is 0 Å². The SMILES string of the molecule is OC[C@@H]1CCC[C@H]1OC1CCCCO1. The first kappa shape index (κ1) is 10.4. The van der Waals surface area contributed by atoms with Crippen molar-refractivity contribution in [2.75, 3.05) is 13.2 Å². The van der Waals surface area contributed by atoms with Gasteiger partial charge in [-0.25, -0.2) is 0 Å². The lowest BCUT2D eigenvalue weighted by Crippen LogP contribution is -2.31. The first-order valence-electron chi connectivity index (χ1n) is 5.78. The number of aliphatic hydroxyl groups is 1. The fourth-order valence-electron chi connectivity index (χ4n) is 2.40. The van der Waals surface area contributed by atoms with Crippen LogP contribution in [0.1, 0.15) is 38.5 Å². The van der Waals surface area contributed by atoms with Gasteiger partial charge in [0.2, 0.25) is 0 Å². The van der Waals surface area contributed by atoms with Crippen LogP contribution >= 0.6 is 0 Å². The van der Waals surface area contributed by atoms with E-state index in [0.717, 1.165) is 32.3 Å². The number of hydrogen-bond donors (Lipinski definition) is 1. The lowest BCUT2D eigenvalue weighted by molar-refractivity contribution is -0.196. The number of hydrogen-bond acceptors (Lipinski definition) is 3. The van der Waals surface area contributed by atoms with Crippen LogP contribution in [0.4, 0.5) is 0 Å². The van der Waals surface area contributed by atoms with Gasteiger partial charge in [0.15, 0.2) is 6.29 Å². The van der Waals surface area contributed by atoms with Gasteiger partial charge in [-0.2, -0.15) is 0 Å². The molecule has 3 nitrogen and oxygen atoms in total. The molecule has 1 aliphatic heterocycles. The summed E-state index contributed by atoms with van der Waals surface area (Å²) in [5, 5.41) is 9.15. The molecule has 2 rings (SSSR count). The second-order valence-corrected chi connectivity index (χ2v) is 4.34. The predicted molar refractivity (Wildman–Crippen MR) is 52.9 cm³/mol. The molecule has 1 N–H and O–H groups in total. The molecular formula is C11H20O3. The predicted octanol–water partition coefficient (Wildman–Crippen LogP) is 1.69. The molecule has 0 radical (unpaired) electrons. The van der Waals surface area contributed by atoms with E-state index >= 15 is 0 Å². The molecule has 0 bridgehead atoms. The second-order valence-electron chi connectivity index (χ2n) is 4.34. The highest BCUT2D eigenvalue weighted by Gasteiger charge is 2.30. The number of aliphatic hydroxyl groups excluding tert-OH is 1. The van der Waals surface area contributed by atoms with E-state index in [9.17, 15) is 0 Å². The Hall–Kier alpha value is -0.120. The van der Waals surface area contributed by atoms with Gasteiger partial charge >= 0.3 is 0 Å². The minimum atomic E-state index is 0.000833. The molecule has 0 aromatic carbocycles. The molecule has 3 heteroatoms. The molecule has 0 spiro atoms. The van der Waals surface area contributed by atoms with Crippen molar-refractivity contribution < 1.29 is 14.6 Å². The van der Waals surface area contributed by atoms with Crippen molar-refractivity contribution in [2.24, 2.45) is 5.92 Å². The zero-order valence-corrected chi connectivity index (χ0v) is 8.65. The van der Waals surface area contributed by atoms with Crippen molar-refractivity contribution in [2.45, 2.75) is 50.9 Å². The maximum absolute atomic E-state index is 9.15. The van der Waals surface area contributed by atoms with Gasteiger partial charge in [0.25, 0.3) is 0 Å². The molecule has 14 heavy (non-hydrogen) atoms. The quantitative estimate of drug-likeness (QED) is 0.753. The highest BCUT2D eigenvalue weighted by atomic mass is 16.7. The fraction of sp³-hybridized carbons (Fsp3) is 1.00. The average Bonchev–Trinajstić information content (AvgIpc) is 2.67. The zero-order chi connectivity index (χ0) is 9.80. The van der Waals surface area contributed by atoms with Gasteiger partial charge in [0, 0.05) is 19.1 Å². The second kappa shape index (κ2) is 5.10. The lowest BCUT2D eigenvalue weighted by atomic mass is 10.1. The standard InChI is InChI=1S/C11H20O3/c12-8-9-4-3-5-10(9)14-11-6-1-2-7-13-11/h9-12H,1-8H2/t9-,10+,11?/m0/s1. The number of rotatable bonds is 3. The molecule has 1 unspecified atom stereocenters. The Morgan fingerprint density at radius 2 is 2.07 bits per heavy atom. The van der Waals surface area contributed by atoms with E-state index in [4.69, 9.17) is 14.6 Å². The largest absolute Gasteiger partial charge is 0.396 e. The van der Waals surface area contributed by atoms with Gasteiger partial charge in [0.1, 0.15) is 0 Å². The van der Waals surface area contributed by atoms with Gasteiger partial charge in [0.05, 0.1) is 6.10 Å². The molecule has 82 valence electrons. The summed E-state index contributed by atoms with van der Waals surface area (Å²) in [6.45, 7) is 1.10. The zero-order valence-electron chi connectivity index (χ0n) is 8.65. The summed E-state index contributed by atoms with van der Waals surface area (Å²) in [5.74, 6) is 0.348. The average molecular weight is 200 g/mol. The molecule has 1 saturated heterocycles. The number of ether oxygens (including phenoxy) is 2. The summed E-state index contributed by atoms with van der Waals surface area (Å²) < 4.78 is 11.4. The third-order valence-electron chi connectivity index (χ3n) is 3.29. The van der Waals surface area contributed by atoms with E-state index in [1.807, 2.05) is 0 Å². The highest BCUT2D eigenvalue weighted by Crippen LogP contribution is 2.30. The minimum absolute atomic E-state index is 0.000833. The van der Waals surface area contributed by atoms with Crippen LogP contribution in [0.5, 0.6) is 0 Å². The Bertz CT molecular complexity index is 166. The Morgan fingerprint density at radius 3 is 2.79 bits per heavy atom. The van der Waals surface area contributed by atoms with Crippen LogP contribution in [0.3, 0.4) is 0 Å². The molecule has 0 amide bonds. The summed E-state index contributed by atoms with van der Waals surface area (Å²) in [7, 11) is 0. The monoisotopic (exact) mass is 200 g/mol. The van der Waals surface area contributed by atoms with Crippen molar-refractivity contribution in [3.8, 4) is 0 Å². The summed E-state index contributed by atoms with van der Waals surface area (Å²) in [6.07, 6.45) is 7.01. The van der Waals surface area contributed by atoms with E-state index in [2.05, 4.69) is 0 Å². The Morgan fingerprint density at radius 1 is 1.14 bits per heavy atom. The summed E-state index contributed by atoms with van der Waals surface area (Å²) in [5.41, 5.74) is 0. The smallest absolute Gasteiger partial charge is 0.157 e. The van der Waals surface area contributed by atoms with Crippen LogP contribution in [0.25, 0.3) is 0 Å². The first-order valence-corrected chi connectivity index (χ1v) is 5.78. The molecule has 0 aromatic heterocycles. The van der Waals surface area contributed by atoms with Gasteiger partial charge in [-0.05, 0) is 32.1 Å². The topological polar surface area (TPSA) is 38.7 Å². The maximum atomic E-state index is 9.15. The van der Waals surface area contributed by atoms with Crippen molar-refractivity contribution in [3.63, 3.8) is 0 Å². The van der Waals surface area contributed by atoms with E-state index in [0.29, 0.717) is 5.92 Å². The van der Waals surface area contributed by atoms with Crippen LogP contribution in [0.15, 0.2) is 0 Å². The maximum Gasteiger partial charge on any atom is 0.157 e. The van der Waals surface area contributed by atoms with Crippen molar-refractivity contribution in [1.82, 2.24) is 0 Å². The van der Waals surface area contributed by atoms with Crippen LogP contribution in [-0.4, -0.2) is 30.7 Å². The Labute approximate surface area is 85.4 Å². The van der Waals surface area contributed by atoms with E-state index in [-0.39, 0.29) is 19.0 Å². The van der Waals surface area contributed by atoms with Crippen LogP contribution in [0, 0.1) is 5.92 Å². The first-order chi connectivity index (χ1) is 6.90. The van der Waals surface area contributed by atoms with Crippen molar-refractivity contribution in [3.05, 3.63) is 0 Å². The molecule has 1 heterocycles.